The van der Waals surface area contributed by atoms with Gasteiger partial charge in [-0.05, 0) is 42.8 Å². The maximum atomic E-state index is 12.2. The first-order valence-electron chi connectivity index (χ1n) is 8.38. The highest BCUT2D eigenvalue weighted by Crippen LogP contribution is 2.13. The molecule has 1 atom stereocenters. The summed E-state index contributed by atoms with van der Waals surface area (Å²) in [5, 5.41) is 5.30. The number of ether oxygens (including phenoxy) is 2. The van der Waals surface area contributed by atoms with Gasteiger partial charge in [0.1, 0.15) is 5.75 Å². The summed E-state index contributed by atoms with van der Waals surface area (Å²) in [6, 6.07) is 13.6. The van der Waals surface area contributed by atoms with Gasteiger partial charge in [-0.1, -0.05) is 18.2 Å². The Kier molecular flexibility index (Phi) is 6.93. The van der Waals surface area contributed by atoms with Crippen molar-refractivity contribution in [1.82, 2.24) is 5.32 Å². The molecular weight excluding hydrogens is 348 g/mol. The zero-order valence-corrected chi connectivity index (χ0v) is 15.4. The molecule has 142 valence electrons. The monoisotopic (exact) mass is 370 g/mol. The maximum Gasteiger partial charge on any atom is 0.338 e. The van der Waals surface area contributed by atoms with Gasteiger partial charge in [-0.15, -0.1) is 0 Å². The summed E-state index contributed by atoms with van der Waals surface area (Å²) in [4.78, 5) is 35.5. The second-order valence-electron chi connectivity index (χ2n) is 5.88. The lowest BCUT2D eigenvalue weighted by Gasteiger charge is -2.14. The molecule has 0 fully saturated rings. The number of rotatable bonds is 7. The Morgan fingerprint density at radius 2 is 1.78 bits per heavy atom. The molecule has 0 heterocycles. The minimum Gasteiger partial charge on any atom is -0.497 e. The van der Waals surface area contributed by atoms with E-state index in [4.69, 9.17) is 9.47 Å². The van der Waals surface area contributed by atoms with Crippen LogP contribution < -0.4 is 15.4 Å². The largest absolute Gasteiger partial charge is 0.497 e. The zero-order chi connectivity index (χ0) is 19.8. The zero-order valence-electron chi connectivity index (χ0n) is 15.4. The molecule has 0 aliphatic carbocycles. The molecule has 0 spiro atoms. The van der Waals surface area contributed by atoms with E-state index in [0.717, 1.165) is 11.3 Å². The van der Waals surface area contributed by atoms with E-state index in [1.165, 1.54) is 19.9 Å². The van der Waals surface area contributed by atoms with Crippen molar-refractivity contribution in [2.24, 2.45) is 0 Å². The van der Waals surface area contributed by atoms with Crippen LogP contribution in [0.2, 0.25) is 0 Å². The third-order valence-corrected chi connectivity index (χ3v) is 3.70. The van der Waals surface area contributed by atoms with Crippen LogP contribution in [-0.4, -0.2) is 31.0 Å². The van der Waals surface area contributed by atoms with Gasteiger partial charge in [-0.2, -0.15) is 0 Å². The SMILES string of the molecule is COc1ccc(CNC(=O)C(C)OC(=O)c2cccc(NC(C)=O)c2)cc1. The van der Waals surface area contributed by atoms with Crippen molar-refractivity contribution in [1.29, 1.82) is 0 Å². The first kappa shape index (κ1) is 20.0. The molecule has 0 radical (unpaired) electrons. The second-order valence-corrected chi connectivity index (χ2v) is 5.88. The van der Waals surface area contributed by atoms with Crippen LogP contribution in [0.1, 0.15) is 29.8 Å². The number of carbonyl (C=O) groups is 3. The van der Waals surface area contributed by atoms with Crippen LogP contribution in [0, 0.1) is 0 Å². The Morgan fingerprint density at radius 3 is 2.41 bits per heavy atom. The van der Waals surface area contributed by atoms with Crippen molar-refractivity contribution in [2.75, 3.05) is 12.4 Å². The summed E-state index contributed by atoms with van der Waals surface area (Å²) < 4.78 is 10.3. The number of benzene rings is 2. The second kappa shape index (κ2) is 9.38. The molecule has 0 aliphatic heterocycles. The molecule has 0 saturated heterocycles. The Balaban J connectivity index is 1.89. The Morgan fingerprint density at radius 1 is 1.07 bits per heavy atom. The molecule has 7 nitrogen and oxygen atoms in total. The first-order valence-corrected chi connectivity index (χ1v) is 8.38. The van der Waals surface area contributed by atoms with Gasteiger partial charge in [-0.25, -0.2) is 4.79 Å². The third kappa shape index (κ3) is 6.14. The van der Waals surface area contributed by atoms with Gasteiger partial charge in [0.25, 0.3) is 5.91 Å². The van der Waals surface area contributed by atoms with Crippen molar-refractivity contribution in [3.8, 4) is 5.75 Å². The lowest BCUT2D eigenvalue weighted by atomic mass is 10.2. The van der Waals surface area contributed by atoms with Gasteiger partial charge >= 0.3 is 5.97 Å². The number of hydrogen-bond donors (Lipinski definition) is 2. The quantitative estimate of drug-likeness (QED) is 0.731. The minimum atomic E-state index is -0.958. The summed E-state index contributed by atoms with van der Waals surface area (Å²) in [5.74, 6) is -0.563. The molecule has 1 unspecified atom stereocenters. The Bertz CT molecular complexity index is 817. The summed E-state index contributed by atoms with van der Waals surface area (Å²) >= 11 is 0. The van der Waals surface area contributed by atoms with Crippen LogP contribution in [-0.2, 0) is 20.9 Å². The molecule has 7 heteroatoms. The van der Waals surface area contributed by atoms with Crippen LogP contribution in [0.5, 0.6) is 5.75 Å². The molecule has 2 aromatic carbocycles. The van der Waals surface area contributed by atoms with E-state index >= 15 is 0 Å². The fourth-order valence-corrected chi connectivity index (χ4v) is 2.29. The number of methoxy groups -OCH3 is 1. The van der Waals surface area contributed by atoms with Crippen LogP contribution in [0.15, 0.2) is 48.5 Å². The Labute approximate surface area is 157 Å². The van der Waals surface area contributed by atoms with Gasteiger partial charge in [0.2, 0.25) is 5.91 Å². The van der Waals surface area contributed by atoms with Gasteiger partial charge in [-0.3, -0.25) is 9.59 Å². The highest BCUT2D eigenvalue weighted by Gasteiger charge is 2.19. The summed E-state index contributed by atoms with van der Waals surface area (Å²) in [6.07, 6.45) is -0.958. The summed E-state index contributed by atoms with van der Waals surface area (Å²) in [5.41, 5.74) is 1.62. The summed E-state index contributed by atoms with van der Waals surface area (Å²) in [7, 11) is 1.58. The number of nitrogens with one attached hydrogen (secondary N) is 2. The van der Waals surface area contributed by atoms with E-state index < -0.39 is 18.0 Å². The van der Waals surface area contributed by atoms with Crippen LogP contribution in [0.25, 0.3) is 0 Å². The average molecular weight is 370 g/mol. The normalized spacial score (nSPS) is 11.2. The minimum absolute atomic E-state index is 0.244. The lowest BCUT2D eigenvalue weighted by molar-refractivity contribution is -0.129. The number of carbonyl (C=O) groups excluding carboxylic acids is 3. The van der Waals surface area contributed by atoms with Gasteiger partial charge in [0.05, 0.1) is 12.7 Å². The molecule has 2 amide bonds. The van der Waals surface area contributed by atoms with Crippen molar-refractivity contribution in [2.45, 2.75) is 26.5 Å². The fourth-order valence-electron chi connectivity index (χ4n) is 2.29. The predicted octanol–water partition coefficient (Wildman–Crippen LogP) is 2.52. The van der Waals surface area contributed by atoms with E-state index in [1.807, 2.05) is 12.1 Å². The smallest absolute Gasteiger partial charge is 0.338 e. The molecule has 2 rings (SSSR count). The van der Waals surface area contributed by atoms with Gasteiger partial charge < -0.3 is 20.1 Å². The molecule has 2 N–H and O–H groups in total. The van der Waals surface area contributed by atoms with Crippen molar-refractivity contribution in [3.63, 3.8) is 0 Å². The topological polar surface area (TPSA) is 93.7 Å². The number of anilines is 1. The summed E-state index contributed by atoms with van der Waals surface area (Å²) in [6.45, 7) is 3.18. The number of esters is 1. The maximum absolute atomic E-state index is 12.2. The van der Waals surface area contributed by atoms with E-state index in [-0.39, 0.29) is 11.5 Å². The van der Waals surface area contributed by atoms with Gasteiger partial charge in [0.15, 0.2) is 6.10 Å². The van der Waals surface area contributed by atoms with E-state index in [1.54, 1.807) is 37.4 Å². The third-order valence-electron chi connectivity index (χ3n) is 3.70. The van der Waals surface area contributed by atoms with Crippen LogP contribution >= 0.6 is 0 Å². The van der Waals surface area contributed by atoms with Gasteiger partial charge in [0, 0.05) is 19.2 Å². The van der Waals surface area contributed by atoms with E-state index in [9.17, 15) is 14.4 Å². The predicted molar refractivity (Wildman–Crippen MR) is 100 cm³/mol. The fraction of sp³-hybridized carbons (Fsp3) is 0.250. The molecule has 0 aliphatic rings. The number of hydrogen-bond acceptors (Lipinski definition) is 5. The van der Waals surface area contributed by atoms with E-state index in [2.05, 4.69) is 10.6 Å². The highest BCUT2D eigenvalue weighted by molar-refractivity contribution is 5.95. The number of amides is 2. The van der Waals surface area contributed by atoms with Crippen molar-refractivity contribution in [3.05, 3.63) is 59.7 Å². The van der Waals surface area contributed by atoms with Crippen molar-refractivity contribution < 1.29 is 23.9 Å². The highest BCUT2D eigenvalue weighted by atomic mass is 16.5. The molecule has 0 saturated carbocycles. The van der Waals surface area contributed by atoms with Crippen LogP contribution in [0.4, 0.5) is 5.69 Å². The molecule has 0 bridgehead atoms. The van der Waals surface area contributed by atoms with Crippen molar-refractivity contribution >= 4 is 23.5 Å². The molecular formula is C20H22N2O5. The van der Waals surface area contributed by atoms with E-state index in [0.29, 0.717) is 12.2 Å². The van der Waals surface area contributed by atoms with Crippen LogP contribution in [0.3, 0.4) is 0 Å². The molecule has 0 aromatic heterocycles. The molecule has 2 aromatic rings. The lowest BCUT2D eigenvalue weighted by Crippen LogP contribution is -2.35. The first-order chi connectivity index (χ1) is 12.9. The average Bonchev–Trinajstić information content (AvgIpc) is 2.66. The molecule has 27 heavy (non-hydrogen) atoms. The Hall–Kier alpha value is -3.35. The standard InChI is InChI=1S/C20H22N2O5/c1-13(19(24)21-12-15-7-9-18(26-3)10-8-15)27-20(25)16-5-4-6-17(11-16)22-14(2)23/h4-11,13H,12H2,1-3H3,(H,21,24)(H,22,23).